The fourth-order valence-electron chi connectivity index (χ4n) is 4.68. The monoisotopic (exact) mass is 396 g/mol. The molecule has 2 N–H and O–H groups in total. The lowest BCUT2D eigenvalue weighted by molar-refractivity contribution is -0.130. The van der Waals surface area contributed by atoms with E-state index in [0.717, 1.165) is 61.2 Å². The van der Waals surface area contributed by atoms with Crippen LogP contribution in [0.15, 0.2) is 36.9 Å². The minimum absolute atomic E-state index is 0.203. The topological polar surface area (TPSA) is 81.3 Å². The lowest BCUT2D eigenvalue weighted by Gasteiger charge is -2.41. The van der Waals surface area contributed by atoms with E-state index in [-0.39, 0.29) is 5.91 Å². The van der Waals surface area contributed by atoms with Crippen LogP contribution in [0.4, 0.5) is 0 Å². The van der Waals surface area contributed by atoms with Crippen molar-refractivity contribution < 1.29 is 9.53 Å². The zero-order valence-electron chi connectivity index (χ0n) is 17.7. The Balaban J connectivity index is 1.87. The molecule has 1 aromatic carbocycles. The molecule has 0 spiro atoms. The second-order valence-corrected chi connectivity index (χ2v) is 7.93. The largest absolute Gasteiger partial charge is 0.496 e. The molecule has 0 unspecified atom stereocenters. The Kier molecular flexibility index (Phi) is 6.85. The van der Waals surface area contributed by atoms with Gasteiger partial charge in [-0.05, 0) is 68.5 Å². The molecule has 0 radical (unpaired) electrons. The van der Waals surface area contributed by atoms with Crippen molar-refractivity contribution in [1.29, 1.82) is 0 Å². The van der Waals surface area contributed by atoms with Gasteiger partial charge in [-0.2, -0.15) is 0 Å². The normalized spacial score (nSPS) is 21.9. The van der Waals surface area contributed by atoms with E-state index in [1.54, 1.807) is 19.5 Å². The fourth-order valence-corrected chi connectivity index (χ4v) is 4.68. The molecule has 1 aliphatic rings. The molecule has 1 heterocycles. The van der Waals surface area contributed by atoms with Crippen LogP contribution in [-0.2, 0) is 11.2 Å². The van der Waals surface area contributed by atoms with E-state index in [4.69, 9.17) is 10.5 Å². The molecular weight excluding hydrogens is 364 g/mol. The van der Waals surface area contributed by atoms with Crippen LogP contribution in [0.5, 0.6) is 5.75 Å². The Morgan fingerprint density at radius 1 is 1.17 bits per heavy atom. The van der Waals surface area contributed by atoms with Gasteiger partial charge in [0.05, 0.1) is 12.5 Å². The van der Waals surface area contributed by atoms with E-state index in [2.05, 4.69) is 34.8 Å². The molecular formula is C23H32N4O2. The van der Waals surface area contributed by atoms with Crippen LogP contribution >= 0.6 is 0 Å². The predicted octanol–water partition coefficient (Wildman–Crippen LogP) is 3.45. The molecule has 0 saturated heterocycles. The molecule has 1 fully saturated rings. The Morgan fingerprint density at radius 2 is 1.83 bits per heavy atom. The molecule has 1 amide bonds. The van der Waals surface area contributed by atoms with E-state index in [0.29, 0.717) is 12.5 Å². The van der Waals surface area contributed by atoms with Crippen molar-refractivity contribution in [3.05, 3.63) is 42.5 Å². The van der Waals surface area contributed by atoms with Crippen molar-refractivity contribution in [1.82, 2.24) is 14.9 Å². The second-order valence-electron chi connectivity index (χ2n) is 7.93. The highest BCUT2D eigenvalue weighted by Gasteiger charge is 2.41. The highest BCUT2D eigenvalue weighted by Crippen LogP contribution is 2.42. The molecule has 6 nitrogen and oxygen atoms in total. The van der Waals surface area contributed by atoms with E-state index in [9.17, 15) is 4.79 Å². The Labute approximate surface area is 173 Å². The Morgan fingerprint density at radius 3 is 2.38 bits per heavy atom. The standard InChI is InChI=1S/C23H32N4O2/c1-4-27(5-2)20-8-10-23(11-9-20,22(24)28)13-18-12-17(6-7-21(18)29-3)19-14-25-16-26-15-19/h6-7,12,14-16,20H,4-5,8-11,13H2,1-3H3,(H2,24,28). The van der Waals surface area contributed by atoms with E-state index in [1.807, 2.05) is 12.1 Å². The van der Waals surface area contributed by atoms with Crippen molar-refractivity contribution in [2.24, 2.45) is 11.1 Å². The van der Waals surface area contributed by atoms with Crippen LogP contribution in [0.3, 0.4) is 0 Å². The first kappa shape index (κ1) is 21.2. The van der Waals surface area contributed by atoms with Gasteiger partial charge in [-0.1, -0.05) is 19.9 Å². The van der Waals surface area contributed by atoms with Crippen molar-refractivity contribution in [3.63, 3.8) is 0 Å². The molecule has 2 aromatic rings. The van der Waals surface area contributed by atoms with Crippen LogP contribution in [0.1, 0.15) is 45.1 Å². The summed E-state index contributed by atoms with van der Waals surface area (Å²) in [7, 11) is 1.67. The SMILES string of the molecule is CCN(CC)C1CCC(Cc2cc(-c3cncnc3)ccc2OC)(C(N)=O)CC1. The number of nitrogens with two attached hydrogens (primary N) is 1. The molecule has 3 rings (SSSR count). The van der Waals surface area contributed by atoms with Gasteiger partial charge in [0.1, 0.15) is 12.1 Å². The molecule has 156 valence electrons. The summed E-state index contributed by atoms with van der Waals surface area (Å²) in [6, 6.07) is 6.56. The van der Waals surface area contributed by atoms with Crippen LogP contribution in [0, 0.1) is 5.41 Å². The van der Waals surface area contributed by atoms with Crippen LogP contribution in [0.25, 0.3) is 11.1 Å². The van der Waals surface area contributed by atoms with Gasteiger partial charge in [0.2, 0.25) is 5.91 Å². The van der Waals surface area contributed by atoms with Crippen molar-refractivity contribution in [2.45, 2.75) is 52.0 Å². The summed E-state index contributed by atoms with van der Waals surface area (Å²) in [5.74, 6) is 0.586. The molecule has 29 heavy (non-hydrogen) atoms. The summed E-state index contributed by atoms with van der Waals surface area (Å²) in [5, 5.41) is 0. The van der Waals surface area contributed by atoms with E-state index < -0.39 is 5.41 Å². The maximum absolute atomic E-state index is 12.6. The zero-order valence-corrected chi connectivity index (χ0v) is 17.7. The predicted molar refractivity (Wildman–Crippen MR) is 115 cm³/mol. The number of hydrogen-bond donors (Lipinski definition) is 1. The van der Waals surface area contributed by atoms with Crippen molar-refractivity contribution in [2.75, 3.05) is 20.2 Å². The summed E-state index contributed by atoms with van der Waals surface area (Å²) in [6.45, 7) is 6.48. The highest BCUT2D eigenvalue weighted by atomic mass is 16.5. The van der Waals surface area contributed by atoms with Gasteiger partial charge in [0, 0.05) is 24.0 Å². The molecule has 0 atom stereocenters. The Bertz CT molecular complexity index is 813. The average molecular weight is 397 g/mol. The van der Waals surface area contributed by atoms with Gasteiger partial charge < -0.3 is 15.4 Å². The first-order valence-electron chi connectivity index (χ1n) is 10.5. The number of hydrogen-bond acceptors (Lipinski definition) is 5. The van der Waals surface area contributed by atoms with Crippen LogP contribution in [0.2, 0.25) is 0 Å². The number of carbonyl (C=O) groups excluding carboxylic acids is 1. The number of primary amides is 1. The third-order valence-electron chi connectivity index (χ3n) is 6.47. The smallest absolute Gasteiger partial charge is 0.223 e. The molecule has 1 saturated carbocycles. The maximum Gasteiger partial charge on any atom is 0.223 e. The fraction of sp³-hybridized carbons (Fsp3) is 0.522. The summed E-state index contributed by atoms with van der Waals surface area (Å²) in [6.07, 6.45) is 9.31. The molecule has 0 bridgehead atoms. The molecule has 1 aliphatic carbocycles. The second kappa shape index (κ2) is 9.35. The number of nitrogens with zero attached hydrogens (tertiary/aromatic N) is 3. The summed E-state index contributed by atoms with van der Waals surface area (Å²) < 4.78 is 5.61. The molecule has 1 aromatic heterocycles. The third kappa shape index (κ3) is 4.58. The van der Waals surface area contributed by atoms with Gasteiger partial charge in [-0.15, -0.1) is 0 Å². The third-order valence-corrected chi connectivity index (χ3v) is 6.47. The lowest BCUT2D eigenvalue weighted by atomic mass is 9.68. The minimum Gasteiger partial charge on any atom is -0.496 e. The van der Waals surface area contributed by atoms with Gasteiger partial charge in [0.15, 0.2) is 0 Å². The lowest BCUT2D eigenvalue weighted by Crippen LogP contribution is -2.47. The Hall–Kier alpha value is -2.47. The highest BCUT2D eigenvalue weighted by molar-refractivity contribution is 5.81. The number of amides is 1. The maximum atomic E-state index is 12.6. The number of methoxy groups -OCH3 is 1. The number of rotatable bonds is 8. The zero-order chi connectivity index (χ0) is 20.9. The van der Waals surface area contributed by atoms with Gasteiger partial charge in [-0.25, -0.2) is 9.97 Å². The number of benzene rings is 1. The number of carbonyl (C=O) groups is 1. The van der Waals surface area contributed by atoms with Crippen molar-refractivity contribution in [3.8, 4) is 16.9 Å². The summed E-state index contributed by atoms with van der Waals surface area (Å²) in [5.41, 5.74) is 8.40. The van der Waals surface area contributed by atoms with Gasteiger partial charge in [-0.3, -0.25) is 4.79 Å². The average Bonchev–Trinajstić information content (AvgIpc) is 2.76. The first-order chi connectivity index (χ1) is 14.0. The summed E-state index contributed by atoms with van der Waals surface area (Å²) in [4.78, 5) is 23.3. The number of aromatic nitrogens is 2. The summed E-state index contributed by atoms with van der Waals surface area (Å²) >= 11 is 0. The minimum atomic E-state index is -0.525. The molecule has 6 heteroatoms. The van der Waals surface area contributed by atoms with Gasteiger partial charge in [0.25, 0.3) is 0 Å². The quantitative estimate of drug-likeness (QED) is 0.739. The molecule has 0 aliphatic heterocycles. The van der Waals surface area contributed by atoms with E-state index in [1.165, 1.54) is 6.33 Å². The van der Waals surface area contributed by atoms with Crippen LogP contribution < -0.4 is 10.5 Å². The van der Waals surface area contributed by atoms with Crippen molar-refractivity contribution >= 4 is 5.91 Å². The van der Waals surface area contributed by atoms with E-state index >= 15 is 0 Å². The van der Waals surface area contributed by atoms with Gasteiger partial charge >= 0.3 is 0 Å². The number of ether oxygens (including phenoxy) is 1. The van der Waals surface area contributed by atoms with Crippen LogP contribution in [-0.4, -0.2) is 47.0 Å². The first-order valence-corrected chi connectivity index (χ1v) is 10.5.